The molecule has 23 heavy (non-hydrogen) atoms. The molecule has 1 aliphatic heterocycles. The number of benzene rings is 1. The lowest BCUT2D eigenvalue weighted by atomic mass is 10.2. The third-order valence-electron chi connectivity index (χ3n) is 2.93. The fourth-order valence-corrected chi connectivity index (χ4v) is 3.24. The summed E-state index contributed by atoms with van der Waals surface area (Å²) in [4.78, 5) is 25.9. The molecule has 1 fully saturated rings. The number of hydrogen-bond donors (Lipinski definition) is 0. The molecule has 0 aliphatic carbocycles. The van der Waals surface area contributed by atoms with Crippen molar-refractivity contribution >= 4 is 57.9 Å². The number of thioether (sulfide) groups is 1. The van der Waals surface area contributed by atoms with Crippen LogP contribution in [0.2, 0.25) is 5.02 Å². The van der Waals surface area contributed by atoms with Gasteiger partial charge in [-0.3, -0.25) is 14.5 Å². The van der Waals surface area contributed by atoms with E-state index >= 15 is 0 Å². The van der Waals surface area contributed by atoms with Crippen molar-refractivity contribution < 1.29 is 14.3 Å². The number of amides is 1. The highest BCUT2D eigenvalue weighted by molar-refractivity contribution is 8.26. The zero-order chi connectivity index (χ0) is 17.0. The lowest BCUT2D eigenvalue weighted by Crippen LogP contribution is -2.34. The van der Waals surface area contributed by atoms with E-state index in [0.29, 0.717) is 20.9 Å². The summed E-state index contributed by atoms with van der Waals surface area (Å²) in [7, 11) is 0. The Balaban J connectivity index is 2.08. The van der Waals surface area contributed by atoms with E-state index in [4.69, 9.17) is 28.6 Å². The zero-order valence-electron chi connectivity index (χ0n) is 12.7. The van der Waals surface area contributed by atoms with Crippen LogP contribution in [0.5, 0.6) is 0 Å². The number of thiocarbonyl (C=S) groups is 1. The maximum atomic E-state index is 12.4. The molecule has 1 amide bonds. The predicted molar refractivity (Wildman–Crippen MR) is 97.1 cm³/mol. The van der Waals surface area contributed by atoms with Crippen molar-refractivity contribution in [3.8, 4) is 0 Å². The smallest absolute Gasteiger partial charge is 0.326 e. The number of nitrogens with zero attached hydrogens (tertiary/aromatic N) is 1. The largest absolute Gasteiger partial charge is 0.464 e. The summed E-state index contributed by atoms with van der Waals surface area (Å²) < 4.78 is 5.43. The molecule has 0 atom stereocenters. The van der Waals surface area contributed by atoms with Crippen LogP contribution in [0.1, 0.15) is 19.4 Å². The number of carbonyl (C=O) groups excluding carboxylic acids is 2. The van der Waals surface area contributed by atoms with Gasteiger partial charge in [-0.1, -0.05) is 67.6 Å². The zero-order valence-corrected chi connectivity index (χ0v) is 15.1. The van der Waals surface area contributed by atoms with Crippen molar-refractivity contribution in [2.24, 2.45) is 5.92 Å². The number of halogens is 1. The van der Waals surface area contributed by atoms with Crippen molar-refractivity contribution in [3.63, 3.8) is 0 Å². The number of esters is 1. The molecule has 1 aliphatic rings. The Bertz CT molecular complexity index is 673. The molecule has 0 saturated carbocycles. The van der Waals surface area contributed by atoms with Crippen molar-refractivity contribution in [1.82, 2.24) is 4.90 Å². The van der Waals surface area contributed by atoms with E-state index in [-0.39, 0.29) is 18.4 Å². The van der Waals surface area contributed by atoms with Gasteiger partial charge in [0.15, 0.2) is 0 Å². The third-order valence-corrected chi connectivity index (χ3v) is 4.65. The summed E-state index contributed by atoms with van der Waals surface area (Å²) in [5.41, 5.74) is 0.733. The number of ether oxygens (including phenoxy) is 1. The van der Waals surface area contributed by atoms with Gasteiger partial charge < -0.3 is 4.74 Å². The first-order chi connectivity index (χ1) is 10.9. The van der Waals surface area contributed by atoms with Gasteiger partial charge in [0.1, 0.15) is 10.9 Å². The van der Waals surface area contributed by atoms with Crippen molar-refractivity contribution in [1.29, 1.82) is 0 Å². The van der Waals surface area contributed by atoms with Crippen LogP contribution in [-0.4, -0.2) is 34.2 Å². The van der Waals surface area contributed by atoms with Gasteiger partial charge in [-0.05, 0) is 23.6 Å². The lowest BCUT2D eigenvalue weighted by molar-refractivity contribution is -0.147. The summed E-state index contributed by atoms with van der Waals surface area (Å²) in [5.74, 6) is -0.527. The van der Waals surface area contributed by atoms with Crippen LogP contribution in [-0.2, 0) is 14.3 Å². The molecular formula is C16H16ClNO3S2. The van der Waals surface area contributed by atoms with Crippen molar-refractivity contribution in [3.05, 3.63) is 39.8 Å². The summed E-state index contributed by atoms with van der Waals surface area (Å²) >= 11 is 12.4. The first kappa shape index (κ1) is 18.0. The molecule has 0 N–H and O–H groups in total. The minimum Gasteiger partial charge on any atom is -0.464 e. The molecule has 1 aromatic carbocycles. The van der Waals surface area contributed by atoms with Gasteiger partial charge in [0.2, 0.25) is 0 Å². The molecule has 4 nitrogen and oxygen atoms in total. The highest BCUT2D eigenvalue weighted by atomic mass is 35.5. The van der Waals surface area contributed by atoms with Gasteiger partial charge in [0.05, 0.1) is 11.5 Å². The van der Waals surface area contributed by atoms with E-state index in [1.54, 1.807) is 12.1 Å². The molecule has 0 unspecified atom stereocenters. The Labute approximate surface area is 149 Å². The molecule has 0 bridgehead atoms. The van der Waals surface area contributed by atoms with E-state index < -0.39 is 5.97 Å². The van der Waals surface area contributed by atoms with Gasteiger partial charge in [0, 0.05) is 5.02 Å². The Morgan fingerprint density at radius 2 is 2.13 bits per heavy atom. The summed E-state index contributed by atoms with van der Waals surface area (Å²) in [6.07, 6.45) is 1.68. The number of carbonyl (C=O) groups is 2. The SMILES string of the molecule is CC(C)COC(=O)CN1C(=O)/C(=C/c2ccccc2Cl)SC1=S. The number of rotatable bonds is 5. The fraction of sp³-hybridized carbons (Fsp3) is 0.312. The third kappa shape index (κ3) is 4.80. The highest BCUT2D eigenvalue weighted by Crippen LogP contribution is 2.33. The molecule has 0 aromatic heterocycles. The van der Waals surface area contributed by atoms with Crippen LogP contribution < -0.4 is 0 Å². The molecular weight excluding hydrogens is 354 g/mol. The van der Waals surface area contributed by atoms with Crippen LogP contribution in [0.25, 0.3) is 6.08 Å². The van der Waals surface area contributed by atoms with Gasteiger partial charge in [0.25, 0.3) is 5.91 Å². The second-order valence-corrected chi connectivity index (χ2v) is 7.45. The van der Waals surface area contributed by atoms with Crippen LogP contribution in [0.15, 0.2) is 29.2 Å². The maximum absolute atomic E-state index is 12.4. The van der Waals surface area contributed by atoms with Crippen molar-refractivity contribution in [2.75, 3.05) is 13.2 Å². The van der Waals surface area contributed by atoms with Gasteiger partial charge >= 0.3 is 5.97 Å². The summed E-state index contributed by atoms with van der Waals surface area (Å²) in [6.45, 7) is 4.04. The standard InChI is InChI=1S/C16H16ClNO3S2/c1-10(2)9-21-14(19)8-18-15(20)13(23-16(18)22)7-11-5-3-4-6-12(11)17/h3-7,10H,8-9H2,1-2H3/b13-7-. The van der Waals surface area contributed by atoms with E-state index in [0.717, 1.165) is 17.3 Å². The van der Waals surface area contributed by atoms with Crippen LogP contribution >= 0.6 is 35.6 Å². The molecule has 1 aromatic rings. The average molecular weight is 370 g/mol. The van der Waals surface area contributed by atoms with E-state index in [1.807, 2.05) is 32.0 Å². The second-order valence-electron chi connectivity index (χ2n) is 5.37. The van der Waals surface area contributed by atoms with Gasteiger partial charge in [-0.2, -0.15) is 0 Å². The normalized spacial score (nSPS) is 16.5. The Hall–Kier alpha value is -1.37. The van der Waals surface area contributed by atoms with Crippen LogP contribution in [0.3, 0.4) is 0 Å². The summed E-state index contributed by atoms with van der Waals surface area (Å²) in [6, 6.07) is 7.21. The molecule has 0 radical (unpaired) electrons. The fourth-order valence-electron chi connectivity index (χ4n) is 1.80. The van der Waals surface area contributed by atoms with E-state index in [2.05, 4.69) is 0 Å². The predicted octanol–water partition coefficient (Wildman–Crippen LogP) is 3.74. The molecule has 122 valence electrons. The van der Waals surface area contributed by atoms with E-state index in [9.17, 15) is 9.59 Å². The Kier molecular flexibility index (Phi) is 6.21. The van der Waals surface area contributed by atoms with Gasteiger partial charge in [-0.25, -0.2) is 0 Å². The quantitative estimate of drug-likeness (QED) is 0.449. The van der Waals surface area contributed by atoms with Crippen LogP contribution in [0.4, 0.5) is 0 Å². The molecule has 2 rings (SSSR count). The molecule has 1 saturated heterocycles. The van der Waals surface area contributed by atoms with Gasteiger partial charge in [-0.15, -0.1) is 0 Å². The Morgan fingerprint density at radius 3 is 2.78 bits per heavy atom. The second kappa shape index (κ2) is 7.95. The maximum Gasteiger partial charge on any atom is 0.326 e. The molecule has 7 heteroatoms. The molecule has 0 spiro atoms. The van der Waals surface area contributed by atoms with Crippen LogP contribution in [0, 0.1) is 5.92 Å². The average Bonchev–Trinajstić information content (AvgIpc) is 2.75. The number of hydrogen-bond acceptors (Lipinski definition) is 5. The first-order valence-electron chi connectivity index (χ1n) is 7.04. The van der Waals surface area contributed by atoms with E-state index in [1.165, 1.54) is 4.90 Å². The topological polar surface area (TPSA) is 46.6 Å². The monoisotopic (exact) mass is 369 g/mol. The lowest BCUT2D eigenvalue weighted by Gasteiger charge is -2.14. The summed E-state index contributed by atoms with van der Waals surface area (Å²) in [5, 5.41) is 0.550. The van der Waals surface area contributed by atoms with Crippen molar-refractivity contribution in [2.45, 2.75) is 13.8 Å². The minimum atomic E-state index is -0.464. The highest BCUT2D eigenvalue weighted by Gasteiger charge is 2.33. The minimum absolute atomic E-state index is 0.169. The molecule has 1 heterocycles. The Morgan fingerprint density at radius 1 is 1.43 bits per heavy atom. The first-order valence-corrected chi connectivity index (χ1v) is 8.64.